The van der Waals surface area contributed by atoms with Crippen molar-refractivity contribution in [2.75, 3.05) is 11.5 Å². The summed E-state index contributed by atoms with van der Waals surface area (Å²) in [6, 6.07) is 5.45. The van der Waals surface area contributed by atoms with Crippen molar-refractivity contribution in [2.45, 2.75) is 0 Å². The van der Waals surface area contributed by atoms with Crippen molar-refractivity contribution in [3.63, 3.8) is 0 Å². The normalized spacial score (nSPS) is 10.2. The van der Waals surface area contributed by atoms with Crippen LogP contribution in [0, 0.1) is 18.5 Å². The number of anilines is 2. The summed E-state index contributed by atoms with van der Waals surface area (Å²) in [6.07, 6.45) is 0. The Labute approximate surface area is 136 Å². The lowest BCUT2D eigenvalue weighted by Gasteiger charge is -2.10. The monoisotopic (exact) mass is 479 g/mol. The molecule has 2 aromatic rings. The van der Waals surface area contributed by atoms with E-state index in [-0.39, 0.29) is 28.8 Å². The van der Waals surface area contributed by atoms with Crippen molar-refractivity contribution in [2.24, 2.45) is 0 Å². The van der Waals surface area contributed by atoms with Crippen molar-refractivity contribution in [1.29, 1.82) is 5.26 Å². The Morgan fingerprint density at radius 3 is 2.53 bits per heavy atom. The first-order chi connectivity index (χ1) is 8.93. The second kappa shape index (κ2) is 5.33. The molecule has 0 saturated carbocycles. The standard InChI is InChI=1S/C11H7I2N5O/c12-4-1-5(9(19)7(13)2-4)8-6(3-14)10(15)18-11(16)17-8/h1-2,19H,(H4,15,16,17,18). The Morgan fingerprint density at radius 1 is 1.21 bits per heavy atom. The van der Waals surface area contributed by atoms with Crippen LogP contribution in [-0.4, -0.2) is 15.1 Å². The molecule has 0 bridgehead atoms. The number of nitriles is 1. The van der Waals surface area contributed by atoms with Crippen LogP contribution in [0.25, 0.3) is 11.3 Å². The van der Waals surface area contributed by atoms with E-state index in [2.05, 4.69) is 32.6 Å². The van der Waals surface area contributed by atoms with Gasteiger partial charge in [-0.15, -0.1) is 0 Å². The van der Waals surface area contributed by atoms with Gasteiger partial charge in [-0.1, -0.05) is 0 Å². The molecule has 0 saturated heterocycles. The van der Waals surface area contributed by atoms with E-state index in [1.54, 1.807) is 12.1 Å². The quantitative estimate of drug-likeness (QED) is 0.539. The average Bonchev–Trinajstić information content (AvgIpc) is 2.33. The van der Waals surface area contributed by atoms with Crippen LogP contribution in [0.1, 0.15) is 5.56 Å². The third kappa shape index (κ3) is 2.66. The molecule has 0 fully saturated rings. The lowest BCUT2D eigenvalue weighted by Crippen LogP contribution is -2.05. The molecule has 1 heterocycles. The topological polar surface area (TPSA) is 122 Å². The first-order valence-electron chi connectivity index (χ1n) is 4.95. The summed E-state index contributed by atoms with van der Waals surface area (Å²) in [5.74, 6) is -0.00643. The molecule has 0 aliphatic carbocycles. The smallest absolute Gasteiger partial charge is 0.222 e. The molecule has 0 aliphatic heterocycles. The molecule has 2 rings (SSSR count). The minimum Gasteiger partial charge on any atom is -0.506 e. The van der Waals surface area contributed by atoms with E-state index >= 15 is 0 Å². The third-order valence-corrected chi connectivity index (χ3v) is 3.79. The lowest BCUT2D eigenvalue weighted by molar-refractivity contribution is 0.473. The highest BCUT2D eigenvalue weighted by Crippen LogP contribution is 2.36. The van der Waals surface area contributed by atoms with Crippen molar-refractivity contribution in [1.82, 2.24) is 9.97 Å². The predicted molar refractivity (Wildman–Crippen MR) is 88.1 cm³/mol. The molecule has 0 atom stereocenters. The van der Waals surface area contributed by atoms with Crippen molar-refractivity contribution >= 4 is 56.9 Å². The van der Waals surface area contributed by atoms with Gasteiger partial charge in [0.05, 0.1) is 9.26 Å². The molecule has 19 heavy (non-hydrogen) atoms. The summed E-state index contributed by atoms with van der Waals surface area (Å²) in [6.45, 7) is 0. The SMILES string of the molecule is N#Cc1c(N)nc(N)nc1-c1cc(I)cc(I)c1O. The van der Waals surface area contributed by atoms with Crippen LogP contribution in [0.4, 0.5) is 11.8 Å². The van der Waals surface area contributed by atoms with E-state index in [9.17, 15) is 5.11 Å². The van der Waals surface area contributed by atoms with Gasteiger partial charge in [0.1, 0.15) is 23.2 Å². The largest absolute Gasteiger partial charge is 0.506 e. The summed E-state index contributed by atoms with van der Waals surface area (Å²) in [7, 11) is 0. The number of aromatic nitrogens is 2. The van der Waals surface area contributed by atoms with E-state index in [1.807, 2.05) is 28.7 Å². The maximum absolute atomic E-state index is 10.1. The van der Waals surface area contributed by atoms with E-state index in [4.69, 9.17) is 16.7 Å². The van der Waals surface area contributed by atoms with Crippen molar-refractivity contribution < 1.29 is 5.11 Å². The van der Waals surface area contributed by atoms with Crippen LogP contribution < -0.4 is 11.5 Å². The zero-order valence-corrected chi connectivity index (χ0v) is 13.7. The predicted octanol–water partition coefficient (Wildman–Crippen LogP) is 2.09. The fraction of sp³-hybridized carbons (Fsp3) is 0. The van der Waals surface area contributed by atoms with Gasteiger partial charge in [-0.05, 0) is 57.3 Å². The Bertz CT molecular complexity index is 711. The maximum Gasteiger partial charge on any atom is 0.222 e. The Balaban J connectivity index is 2.83. The Morgan fingerprint density at radius 2 is 1.89 bits per heavy atom. The second-order valence-electron chi connectivity index (χ2n) is 3.59. The van der Waals surface area contributed by atoms with E-state index in [1.165, 1.54) is 0 Å². The molecule has 0 radical (unpaired) electrons. The van der Waals surface area contributed by atoms with Gasteiger partial charge in [0.2, 0.25) is 5.95 Å². The molecule has 0 unspecified atom stereocenters. The molecule has 0 aliphatic rings. The Kier molecular flexibility index (Phi) is 3.95. The first kappa shape index (κ1) is 14.1. The molecule has 1 aromatic carbocycles. The number of nitrogen functional groups attached to an aromatic ring is 2. The highest BCUT2D eigenvalue weighted by Gasteiger charge is 2.18. The van der Waals surface area contributed by atoms with E-state index in [0.29, 0.717) is 9.13 Å². The highest BCUT2D eigenvalue weighted by molar-refractivity contribution is 14.1. The molecule has 0 amide bonds. The second-order valence-corrected chi connectivity index (χ2v) is 5.99. The molecular formula is C11H7I2N5O. The van der Waals surface area contributed by atoms with Crippen molar-refractivity contribution in [3.05, 3.63) is 24.8 Å². The van der Waals surface area contributed by atoms with Crippen LogP contribution in [-0.2, 0) is 0 Å². The molecule has 0 spiro atoms. The first-order valence-corrected chi connectivity index (χ1v) is 7.11. The summed E-state index contributed by atoms with van der Waals surface area (Å²) >= 11 is 4.11. The molecule has 8 heteroatoms. The summed E-state index contributed by atoms with van der Waals surface area (Å²) in [4.78, 5) is 7.76. The molecule has 5 N–H and O–H groups in total. The maximum atomic E-state index is 10.1. The number of halogens is 2. The Hall–Kier alpha value is -1.35. The van der Waals surface area contributed by atoms with Crippen LogP contribution in [0.15, 0.2) is 12.1 Å². The highest BCUT2D eigenvalue weighted by atomic mass is 127. The average molecular weight is 479 g/mol. The van der Waals surface area contributed by atoms with Gasteiger partial charge in [0, 0.05) is 9.13 Å². The lowest BCUT2D eigenvalue weighted by atomic mass is 10.1. The van der Waals surface area contributed by atoms with Gasteiger partial charge in [0.25, 0.3) is 0 Å². The van der Waals surface area contributed by atoms with Crippen LogP contribution in [0.5, 0.6) is 5.75 Å². The fourth-order valence-electron chi connectivity index (χ4n) is 1.55. The minimum atomic E-state index is -0.0419. The van der Waals surface area contributed by atoms with Gasteiger partial charge in [-0.2, -0.15) is 10.2 Å². The van der Waals surface area contributed by atoms with E-state index in [0.717, 1.165) is 3.57 Å². The van der Waals surface area contributed by atoms with Gasteiger partial charge in [-0.3, -0.25) is 0 Å². The number of hydrogen-bond donors (Lipinski definition) is 3. The minimum absolute atomic E-state index is 0.00160. The van der Waals surface area contributed by atoms with Crippen LogP contribution in [0.2, 0.25) is 0 Å². The third-order valence-electron chi connectivity index (χ3n) is 2.35. The number of phenols is 1. The van der Waals surface area contributed by atoms with Gasteiger partial charge in [0.15, 0.2) is 0 Å². The number of benzene rings is 1. The molecular weight excluding hydrogens is 472 g/mol. The number of nitrogens with zero attached hydrogens (tertiary/aromatic N) is 3. The number of hydrogen-bond acceptors (Lipinski definition) is 6. The number of aromatic hydroxyl groups is 1. The number of nitrogens with two attached hydrogens (primary N) is 2. The fourth-order valence-corrected chi connectivity index (χ4v) is 3.39. The summed E-state index contributed by atoms with van der Waals surface area (Å²) in [5, 5.41) is 19.3. The van der Waals surface area contributed by atoms with Crippen molar-refractivity contribution in [3.8, 4) is 23.1 Å². The zero-order valence-electron chi connectivity index (χ0n) is 9.35. The van der Waals surface area contributed by atoms with Gasteiger partial charge >= 0.3 is 0 Å². The zero-order chi connectivity index (χ0) is 14.2. The number of phenolic OH excluding ortho intramolecular Hbond substituents is 1. The molecule has 1 aromatic heterocycles. The van der Waals surface area contributed by atoms with E-state index < -0.39 is 0 Å². The van der Waals surface area contributed by atoms with Gasteiger partial charge in [-0.25, -0.2) is 4.98 Å². The molecule has 6 nitrogen and oxygen atoms in total. The van der Waals surface area contributed by atoms with Crippen LogP contribution >= 0.6 is 45.2 Å². The summed E-state index contributed by atoms with van der Waals surface area (Å²) in [5.41, 5.74) is 12.0. The van der Waals surface area contributed by atoms with Gasteiger partial charge < -0.3 is 16.6 Å². The number of rotatable bonds is 1. The summed E-state index contributed by atoms with van der Waals surface area (Å²) < 4.78 is 1.55. The molecule has 96 valence electrons. The van der Waals surface area contributed by atoms with Crippen LogP contribution in [0.3, 0.4) is 0 Å².